The van der Waals surface area contributed by atoms with Crippen molar-refractivity contribution in [3.63, 3.8) is 0 Å². The lowest BCUT2D eigenvalue weighted by molar-refractivity contribution is -0.110. The third-order valence-electron chi connectivity index (χ3n) is 5.47. The monoisotopic (exact) mass is 504 g/mol. The molecular weight excluding hydrogens is 487 g/mol. The van der Waals surface area contributed by atoms with Crippen molar-refractivity contribution in [1.29, 1.82) is 0 Å². The number of anilines is 1. The van der Waals surface area contributed by atoms with Gasteiger partial charge in [0.05, 0.1) is 21.8 Å². The molecule has 1 aliphatic rings. The Balaban J connectivity index is 1.76. The topological polar surface area (TPSA) is 116 Å². The van der Waals surface area contributed by atoms with E-state index in [0.717, 1.165) is 0 Å². The summed E-state index contributed by atoms with van der Waals surface area (Å²) in [6, 6.07) is 8.98. The summed E-state index contributed by atoms with van der Waals surface area (Å²) >= 11 is 12.1. The Morgan fingerprint density at radius 3 is 2.52 bits per heavy atom. The molecule has 3 aromatic rings. The maximum atomic E-state index is 13.1. The number of carboxylic acids is 1. The molecule has 0 bridgehead atoms. The van der Waals surface area contributed by atoms with Crippen LogP contribution < -0.4 is 5.32 Å². The number of aromatic amines is 1. The summed E-state index contributed by atoms with van der Waals surface area (Å²) in [5.74, 6) is -1.85. The zero-order valence-corrected chi connectivity index (χ0v) is 19.8. The van der Waals surface area contributed by atoms with E-state index in [1.165, 1.54) is 36.4 Å². The largest absolute Gasteiger partial charge is 0.478 e. The van der Waals surface area contributed by atoms with Crippen LogP contribution in [0.15, 0.2) is 41.3 Å². The van der Waals surface area contributed by atoms with Gasteiger partial charge in [-0.15, -0.1) is 0 Å². The van der Waals surface area contributed by atoms with Crippen molar-refractivity contribution >= 4 is 62.3 Å². The molecule has 0 fully saturated rings. The number of carboxylic acid groups (broad SMARTS) is 1. The highest BCUT2D eigenvalue weighted by Crippen LogP contribution is 2.36. The summed E-state index contributed by atoms with van der Waals surface area (Å²) in [5, 5.41) is 12.8. The first-order valence-corrected chi connectivity index (χ1v) is 12.2. The van der Waals surface area contributed by atoms with Crippen molar-refractivity contribution < 1.29 is 23.1 Å². The Morgan fingerprint density at radius 2 is 1.85 bits per heavy atom. The number of rotatable bonds is 5. The molecule has 0 unspecified atom stereocenters. The molecule has 0 saturated heterocycles. The molecule has 1 amide bonds. The van der Waals surface area contributed by atoms with Gasteiger partial charge in [-0.2, -0.15) is 0 Å². The average Bonchev–Trinajstić information content (AvgIpc) is 3.19. The molecule has 10 heteroatoms. The number of fused-ring (bicyclic) bond motifs is 1. The fourth-order valence-corrected chi connectivity index (χ4v) is 5.68. The summed E-state index contributed by atoms with van der Waals surface area (Å²) in [4.78, 5) is 27.1. The number of H-pyrrole nitrogens is 1. The number of carbonyl (C=O) groups excluding carboxylic acids is 1. The first-order valence-electron chi connectivity index (χ1n) is 9.74. The minimum absolute atomic E-state index is 0.0188. The minimum Gasteiger partial charge on any atom is -0.478 e. The van der Waals surface area contributed by atoms with E-state index in [4.69, 9.17) is 23.2 Å². The third kappa shape index (κ3) is 4.29. The van der Waals surface area contributed by atoms with Crippen LogP contribution in [0.2, 0.25) is 10.0 Å². The lowest BCUT2D eigenvalue weighted by atomic mass is 10.0. The van der Waals surface area contributed by atoms with Gasteiger partial charge in [0.25, 0.3) is 5.91 Å². The molecule has 3 N–H and O–H groups in total. The number of aryl methyl sites for hydroxylation is 1. The summed E-state index contributed by atoms with van der Waals surface area (Å²) in [7, 11) is -3.80. The maximum absolute atomic E-state index is 13.1. The van der Waals surface area contributed by atoms with Crippen LogP contribution in [-0.4, -0.2) is 30.4 Å². The molecule has 2 aromatic carbocycles. The number of carbonyl (C=O) groups is 2. The van der Waals surface area contributed by atoms with Crippen molar-refractivity contribution in [1.82, 2.24) is 4.98 Å². The average molecular weight is 505 g/mol. The molecule has 0 saturated carbocycles. The molecule has 7 nitrogen and oxygen atoms in total. The number of benzene rings is 2. The Bertz CT molecular complexity index is 1470. The molecule has 4 rings (SSSR count). The van der Waals surface area contributed by atoms with E-state index in [0.29, 0.717) is 38.8 Å². The number of aromatic nitrogens is 1. The summed E-state index contributed by atoms with van der Waals surface area (Å²) in [6.45, 7) is 3.27. The lowest BCUT2D eigenvalue weighted by Crippen LogP contribution is -2.06. The number of hydrogen-bond donors (Lipinski definition) is 3. The van der Waals surface area contributed by atoms with Gasteiger partial charge in [-0.3, -0.25) is 4.79 Å². The fourth-order valence-electron chi connectivity index (χ4n) is 3.83. The van der Waals surface area contributed by atoms with Gasteiger partial charge in [0.1, 0.15) is 0 Å². The van der Waals surface area contributed by atoms with E-state index in [-0.39, 0.29) is 26.8 Å². The first-order chi connectivity index (χ1) is 15.5. The van der Waals surface area contributed by atoms with Gasteiger partial charge in [0.2, 0.25) is 0 Å². The first kappa shape index (κ1) is 23.1. The fraction of sp³-hybridized carbons (Fsp3) is 0.130. The second kappa shape index (κ2) is 8.37. The smallest absolute Gasteiger partial charge is 0.337 e. The standard InChI is InChI=1S/C23H18Cl2N2O5S/c1-11-20(26-12(2)21(11)23(29)30)9-17-16-8-15(4-6-19(16)27-22(17)28)33(31,32)10-13-7-14(24)3-5-18(13)25/h3-9,26H,10H2,1-2H3,(H,27,28)(H,29,30)/b17-9-. The third-order valence-corrected chi connectivity index (χ3v) is 7.73. The highest BCUT2D eigenvalue weighted by atomic mass is 35.5. The van der Waals surface area contributed by atoms with Gasteiger partial charge in [0.15, 0.2) is 9.84 Å². The van der Waals surface area contributed by atoms with Gasteiger partial charge in [-0.05, 0) is 67.4 Å². The zero-order valence-electron chi connectivity index (χ0n) is 17.5. The predicted molar refractivity (Wildman–Crippen MR) is 128 cm³/mol. The molecule has 0 spiro atoms. The molecular formula is C23H18Cl2N2O5S. The number of sulfone groups is 1. The van der Waals surface area contributed by atoms with Gasteiger partial charge >= 0.3 is 5.97 Å². The van der Waals surface area contributed by atoms with Crippen LogP contribution in [0.1, 0.15) is 38.4 Å². The van der Waals surface area contributed by atoms with Crippen LogP contribution in [0.25, 0.3) is 11.6 Å². The number of hydrogen-bond acceptors (Lipinski definition) is 4. The van der Waals surface area contributed by atoms with E-state index >= 15 is 0 Å². The molecule has 1 aromatic heterocycles. The second-order valence-electron chi connectivity index (χ2n) is 7.68. The number of nitrogens with one attached hydrogen (secondary N) is 2. The quantitative estimate of drug-likeness (QED) is 0.417. The van der Waals surface area contributed by atoms with Crippen molar-refractivity contribution in [2.24, 2.45) is 0 Å². The SMILES string of the molecule is Cc1[nH]c(/C=C2\C(=O)Nc3ccc(S(=O)(=O)Cc4cc(Cl)ccc4Cl)cc32)c(C)c1C(=O)O. The van der Waals surface area contributed by atoms with Crippen LogP contribution in [0.3, 0.4) is 0 Å². The van der Waals surface area contributed by atoms with Crippen LogP contribution in [0.4, 0.5) is 5.69 Å². The van der Waals surface area contributed by atoms with Crippen molar-refractivity contribution in [3.8, 4) is 0 Å². The van der Waals surface area contributed by atoms with Gasteiger partial charge in [0, 0.05) is 32.7 Å². The molecule has 0 radical (unpaired) electrons. The molecule has 0 atom stereocenters. The number of halogens is 2. The maximum Gasteiger partial charge on any atom is 0.337 e. The van der Waals surface area contributed by atoms with E-state index in [1.54, 1.807) is 19.9 Å². The van der Waals surface area contributed by atoms with E-state index in [1.807, 2.05) is 0 Å². The van der Waals surface area contributed by atoms with Crippen LogP contribution in [-0.2, 0) is 20.4 Å². The molecule has 0 aliphatic carbocycles. The Morgan fingerprint density at radius 1 is 1.12 bits per heavy atom. The van der Waals surface area contributed by atoms with Crippen LogP contribution >= 0.6 is 23.2 Å². The molecule has 1 aliphatic heterocycles. The number of aromatic carboxylic acids is 1. The summed E-state index contributed by atoms with van der Waals surface area (Å²) < 4.78 is 26.2. The Kier molecular flexibility index (Phi) is 5.86. The van der Waals surface area contributed by atoms with Crippen LogP contribution in [0.5, 0.6) is 0 Å². The molecule has 170 valence electrons. The van der Waals surface area contributed by atoms with Crippen molar-refractivity contribution in [2.75, 3.05) is 5.32 Å². The molecule has 33 heavy (non-hydrogen) atoms. The zero-order chi connectivity index (χ0) is 24.1. The Hall–Kier alpha value is -3.07. The normalized spacial score (nSPS) is 14.4. The van der Waals surface area contributed by atoms with Crippen molar-refractivity contribution in [3.05, 3.63) is 80.1 Å². The van der Waals surface area contributed by atoms with Crippen LogP contribution in [0, 0.1) is 13.8 Å². The lowest BCUT2D eigenvalue weighted by Gasteiger charge is -2.09. The van der Waals surface area contributed by atoms with E-state index in [9.17, 15) is 23.1 Å². The van der Waals surface area contributed by atoms with Crippen molar-refractivity contribution in [2.45, 2.75) is 24.5 Å². The van der Waals surface area contributed by atoms with Gasteiger partial charge in [-0.25, -0.2) is 13.2 Å². The predicted octanol–water partition coefficient (Wildman–Crippen LogP) is 5.10. The highest BCUT2D eigenvalue weighted by molar-refractivity contribution is 7.90. The van der Waals surface area contributed by atoms with Gasteiger partial charge < -0.3 is 15.4 Å². The Labute approximate surface area is 200 Å². The van der Waals surface area contributed by atoms with E-state index < -0.39 is 21.7 Å². The highest BCUT2D eigenvalue weighted by Gasteiger charge is 2.28. The molecule has 2 heterocycles. The number of amides is 1. The summed E-state index contributed by atoms with van der Waals surface area (Å²) in [6.07, 6.45) is 1.53. The second-order valence-corrected chi connectivity index (χ2v) is 10.5. The van der Waals surface area contributed by atoms with E-state index in [2.05, 4.69) is 10.3 Å². The summed E-state index contributed by atoms with van der Waals surface area (Å²) in [5.41, 5.74) is 3.00. The minimum atomic E-state index is -3.80. The van der Waals surface area contributed by atoms with Gasteiger partial charge in [-0.1, -0.05) is 23.2 Å².